The summed E-state index contributed by atoms with van der Waals surface area (Å²) in [5, 5.41) is 3.55. The first-order valence-electron chi connectivity index (χ1n) is 7.44. The Morgan fingerprint density at radius 1 is 1.26 bits per heavy atom. The molecule has 1 aromatic rings. The van der Waals surface area contributed by atoms with E-state index in [2.05, 4.69) is 19.8 Å². The summed E-state index contributed by atoms with van der Waals surface area (Å²) in [6.07, 6.45) is 7.82. The summed E-state index contributed by atoms with van der Waals surface area (Å²) in [6.45, 7) is 7.14. The van der Waals surface area contributed by atoms with Crippen molar-refractivity contribution in [2.45, 2.75) is 38.4 Å². The third-order valence-electron chi connectivity index (χ3n) is 3.92. The highest BCUT2D eigenvalue weighted by atomic mass is 16.5. The van der Waals surface area contributed by atoms with Gasteiger partial charge in [0.2, 0.25) is 0 Å². The van der Waals surface area contributed by atoms with Crippen LogP contribution in [0.5, 0.6) is 0 Å². The largest absolute Gasteiger partial charge is 0.379 e. The molecule has 1 saturated carbocycles. The van der Waals surface area contributed by atoms with Crippen LogP contribution in [0.15, 0.2) is 12.5 Å². The topological polar surface area (TPSA) is 42.3 Å². The molecule has 0 radical (unpaired) electrons. The lowest BCUT2D eigenvalue weighted by Gasteiger charge is -2.26. The van der Waals surface area contributed by atoms with Gasteiger partial charge in [0.25, 0.3) is 0 Å². The first-order chi connectivity index (χ1) is 9.42. The summed E-state index contributed by atoms with van der Waals surface area (Å²) >= 11 is 0. The van der Waals surface area contributed by atoms with E-state index in [9.17, 15) is 0 Å². The summed E-state index contributed by atoms with van der Waals surface area (Å²) in [5.74, 6) is 0. The maximum Gasteiger partial charge on any atom is 0.0948 e. The average Bonchev–Trinajstić information content (AvgIpc) is 3.17. The highest BCUT2D eigenvalue weighted by Gasteiger charge is 2.20. The highest BCUT2D eigenvalue weighted by Crippen LogP contribution is 2.19. The van der Waals surface area contributed by atoms with Crippen molar-refractivity contribution in [1.29, 1.82) is 0 Å². The molecule has 1 saturated heterocycles. The molecule has 1 aromatic heterocycles. The van der Waals surface area contributed by atoms with Gasteiger partial charge in [-0.05, 0) is 19.3 Å². The van der Waals surface area contributed by atoms with Crippen LogP contribution >= 0.6 is 0 Å². The van der Waals surface area contributed by atoms with Crippen molar-refractivity contribution in [1.82, 2.24) is 19.8 Å². The Morgan fingerprint density at radius 2 is 2.11 bits per heavy atom. The number of nitrogens with zero attached hydrogens (tertiary/aromatic N) is 3. The Hall–Kier alpha value is -0.910. The van der Waals surface area contributed by atoms with Crippen molar-refractivity contribution in [2.24, 2.45) is 0 Å². The molecule has 2 aliphatic rings. The molecule has 106 valence electrons. The third-order valence-corrected chi connectivity index (χ3v) is 3.92. The van der Waals surface area contributed by atoms with E-state index >= 15 is 0 Å². The molecule has 0 aromatic carbocycles. The number of morpholine rings is 1. The van der Waals surface area contributed by atoms with Crippen LogP contribution < -0.4 is 5.32 Å². The Bertz CT molecular complexity index is 383. The quantitative estimate of drug-likeness (QED) is 0.793. The molecule has 19 heavy (non-hydrogen) atoms. The first-order valence-corrected chi connectivity index (χ1v) is 7.44. The van der Waals surface area contributed by atoms with Crippen molar-refractivity contribution in [2.75, 3.05) is 32.8 Å². The molecule has 1 aliphatic carbocycles. The standard InChI is InChI=1S/C14H24N4O/c1(4-17-6-8-19-9-7-17)5-18-12-15-10-14(18)11-16-13-2-3-13/h10,12-13,16H,1-9,11H2. The normalized spacial score (nSPS) is 20.8. The minimum Gasteiger partial charge on any atom is -0.379 e. The summed E-state index contributed by atoms with van der Waals surface area (Å²) in [5.41, 5.74) is 1.31. The number of nitrogens with one attached hydrogen (secondary N) is 1. The fourth-order valence-electron chi connectivity index (χ4n) is 2.52. The number of imidazole rings is 1. The van der Waals surface area contributed by atoms with Gasteiger partial charge >= 0.3 is 0 Å². The molecule has 0 spiro atoms. The number of hydrogen-bond acceptors (Lipinski definition) is 4. The predicted octanol–water partition coefficient (Wildman–Crippen LogP) is 0.857. The van der Waals surface area contributed by atoms with Crippen LogP contribution in [0.25, 0.3) is 0 Å². The van der Waals surface area contributed by atoms with Crippen molar-refractivity contribution >= 4 is 0 Å². The van der Waals surface area contributed by atoms with E-state index < -0.39 is 0 Å². The minimum absolute atomic E-state index is 0.761. The maximum atomic E-state index is 5.37. The SMILES string of the molecule is c1ncn(CCCN2CCOCC2)c1CNC1CC1. The number of aromatic nitrogens is 2. The Labute approximate surface area is 114 Å². The zero-order valence-electron chi connectivity index (χ0n) is 11.6. The van der Waals surface area contributed by atoms with Crippen LogP contribution in [-0.4, -0.2) is 53.3 Å². The van der Waals surface area contributed by atoms with Gasteiger partial charge in [-0.15, -0.1) is 0 Å². The maximum absolute atomic E-state index is 5.37. The van der Waals surface area contributed by atoms with Crippen LogP contribution in [0.2, 0.25) is 0 Å². The highest BCUT2D eigenvalue weighted by molar-refractivity contribution is 4.99. The summed E-state index contributed by atoms with van der Waals surface area (Å²) < 4.78 is 7.65. The molecule has 5 heteroatoms. The van der Waals surface area contributed by atoms with Gasteiger partial charge in [-0.3, -0.25) is 4.90 Å². The van der Waals surface area contributed by atoms with E-state index in [1.54, 1.807) is 0 Å². The summed E-state index contributed by atoms with van der Waals surface area (Å²) in [6, 6.07) is 0.761. The van der Waals surface area contributed by atoms with Gasteiger partial charge in [-0.1, -0.05) is 0 Å². The summed E-state index contributed by atoms with van der Waals surface area (Å²) in [4.78, 5) is 6.76. The van der Waals surface area contributed by atoms with Crippen LogP contribution in [0.1, 0.15) is 25.0 Å². The minimum atomic E-state index is 0.761. The van der Waals surface area contributed by atoms with Gasteiger partial charge in [0, 0.05) is 45.0 Å². The molecule has 0 bridgehead atoms. The number of hydrogen-bond donors (Lipinski definition) is 1. The molecule has 0 atom stereocenters. The van der Waals surface area contributed by atoms with Crippen molar-refractivity contribution < 1.29 is 4.74 Å². The molecular formula is C14H24N4O. The lowest BCUT2D eigenvalue weighted by molar-refractivity contribution is 0.0369. The smallest absolute Gasteiger partial charge is 0.0948 e. The molecule has 2 fully saturated rings. The lowest BCUT2D eigenvalue weighted by atomic mass is 10.3. The number of ether oxygens (including phenoxy) is 1. The monoisotopic (exact) mass is 264 g/mol. The second-order valence-corrected chi connectivity index (χ2v) is 5.54. The molecule has 1 aliphatic heterocycles. The third kappa shape index (κ3) is 4.03. The van der Waals surface area contributed by atoms with Crippen LogP contribution in [-0.2, 0) is 17.8 Å². The molecule has 5 nitrogen and oxygen atoms in total. The molecule has 0 unspecified atom stereocenters. The molecule has 0 amide bonds. The molecular weight excluding hydrogens is 240 g/mol. The van der Waals surface area contributed by atoms with E-state index in [1.807, 2.05) is 12.5 Å². The predicted molar refractivity (Wildman–Crippen MR) is 74.0 cm³/mol. The van der Waals surface area contributed by atoms with Gasteiger partial charge in [-0.25, -0.2) is 4.98 Å². The molecule has 3 rings (SSSR count). The summed E-state index contributed by atoms with van der Waals surface area (Å²) in [7, 11) is 0. The van der Waals surface area contributed by atoms with Gasteiger partial charge < -0.3 is 14.6 Å². The van der Waals surface area contributed by atoms with Crippen molar-refractivity contribution in [3.05, 3.63) is 18.2 Å². The Balaban J connectivity index is 1.39. The van der Waals surface area contributed by atoms with Crippen LogP contribution in [0.3, 0.4) is 0 Å². The van der Waals surface area contributed by atoms with E-state index in [0.29, 0.717) is 0 Å². The van der Waals surface area contributed by atoms with E-state index in [4.69, 9.17) is 4.74 Å². The number of rotatable bonds is 7. The van der Waals surface area contributed by atoms with E-state index in [1.165, 1.54) is 25.0 Å². The number of aryl methyl sites for hydroxylation is 1. The second-order valence-electron chi connectivity index (χ2n) is 5.54. The lowest BCUT2D eigenvalue weighted by Crippen LogP contribution is -2.37. The van der Waals surface area contributed by atoms with Crippen LogP contribution in [0.4, 0.5) is 0 Å². The Morgan fingerprint density at radius 3 is 2.89 bits per heavy atom. The van der Waals surface area contributed by atoms with Gasteiger partial charge in [-0.2, -0.15) is 0 Å². The van der Waals surface area contributed by atoms with Crippen LogP contribution in [0, 0.1) is 0 Å². The molecule has 1 N–H and O–H groups in total. The zero-order chi connectivity index (χ0) is 12.9. The van der Waals surface area contributed by atoms with Crippen molar-refractivity contribution in [3.63, 3.8) is 0 Å². The van der Waals surface area contributed by atoms with E-state index in [0.717, 1.165) is 52.0 Å². The first kappa shape index (κ1) is 13.1. The van der Waals surface area contributed by atoms with E-state index in [-0.39, 0.29) is 0 Å². The van der Waals surface area contributed by atoms with Crippen molar-refractivity contribution in [3.8, 4) is 0 Å². The zero-order valence-corrected chi connectivity index (χ0v) is 11.6. The van der Waals surface area contributed by atoms with Gasteiger partial charge in [0.15, 0.2) is 0 Å². The average molecular weight is 264 g/mol. The molecule has 2 heterocycles. The van der Waals surface area contributed by atoms with Gasteiger partial charge in [0.1, 0.15) is 0 Å². The Kier molecular flexibility index (Phi) is 4.48. The fourth-order valence-corrected chi connectivity index (χ4v) is 2.52. The fraction of sp³-hybridized carbons (Fsp3) is 0.786. The van der Waals surface area contributed by atoms with Gasteiger partial charge in [0.05, 0.1) is 25.2 Å². The second kappa shape index (κ2) is 6.50.